The topological polar surface area (TPSA) is 106 Å². The molecule has 1 aliphatic rings. The highest BCUT2D eigenvalue weighted by atomic mass is 35.5. The molecule has 0 bridgehead atoms. The summed E-state index contributed by atoms with van der Waals surface area (Å²) in [5.74, 6) is -0.716. The summed E-state index contributed by atoms with van der Waals surface area (Å²) >= 11 is 5.97. The summed E-state index contributed by atoms with van der Waals surface area (Å²) in [6.07, 6.45) is 0.213. The summed E-state index contributed by atoms with van der Waals surface area (Å²) < 4.78 is 2.01. The molecule has 0 aliphatic carbocycles. The van der Waals surface area contributed by atoms with Crippen LogP contribution in [0.4, 0.5) is 5.82 Å². The van der Waals surface area contributed by atoms with E-state index in [4.69, 9.17) is 17.3 Å². The van der Waals surface area contributed by atoms with Gasteiger partial charge in [-0.25, -0.2) is 0 Å². The Balaban J connectivity index is 1.82. The number of carbonyl (C=O) groups is 2. The lowest BCUT2D eigenvalue weighted by molar-refractivity contribution is -0.116. The van der Waals surface area contributed by atoms with Gasteiger partial charge in [-0.1, -0.05) is 23.7 Å². The first-order valence-electron chi connectivity index (χ1n) is 8.05. The Morgan fingerprint density at radius 1 is 1.27 bits per heavy atom. The number of amides is 2. The molecule has 0 saturated heterocycles. The molecule has 3 heterocycles. The Hall–Kier alpha value is -3.06. The number of fused-ring (bicyclic) bond motifs is 1. The summed E-state index contributed by atoms with van der Waals surface area (Å²) in [6.45, 7) is 0. The molecule has 1 unspecified atom stereocenters. The molecular formula is C18H16ClN5O2. The summed E-state index contributed by atoms with van der Waals surface area (Å²) in [7, 11) is 1.93. The maximum absolute atomic E-state index is 12.1. The predicted molar refractivity (Wildman–Crippen MR) is 98.1 cm³/mol. The van der Waals surface area contributed by atoms with Crippen molar-refractivity contribution in [3.8, 4) is 11.3 Å². The number of primary amides is 1. The van der Waals surface area contributed by atoms with Crippen molar-refractivity contribution >= 4 is 29.2 Å². The largest absolute Gasteiger partial charge is 0.364 e. The SMILES string of the molecule is Cn1c(-c2ccc(Cl)cc2)ccc1C1CC(=O)Nc2n[nH]c(C(N)=O)c21. The van der Waals surface area contributed by atoms with E-state index in [0.29, 0.717) is 16.4 Å². The molecule has 4 rings (SSSR count). The van der Waals surface area contributed by atoms with Crippen molar-refractivity contribution in [1.29, 1.82) is 0 Å². The summed E-state index contributed by atoms with van der Waals surface area (Å²) in [6, 6.07) is 11.5. The molecule has 0 radical (unpaired) electrons. The zero-order chi connectivity index (χ0) is 18.4. The fourth-order valence-electron chi connectivity index (χ4n) is 3.48. The van der Waals surface area contributed by atoms with E-state index in [2.05, 4.69) is 15.5 Å². The van der Waals surface area contributed by atoms with Gasteiger partial charge >= 0.3 is 0 Å². The lowest BCUT2D eigenvalue weighted by Crippen LogP contribution is -2.26. The number of nitrogens with one attached hydrogen (secondary N) is 2. The van der Waals surface area contributed by atoms with Crippen LogP contribution in [-0.4, -0.2) is 26.6 Å². The van der Waals surface area contributed by atoms with Crippen LogP contribution in [0.5, 0.6) is 0 Å². The van der Waals surface area contributed by atoms with Crippen LogP contribution in [0.25, 0.3) is 11.3 Å². The third-order valence-corrected chi connectivity index (χ3v) is 4.96. The van der Waals surface area contributed by atoms with Crippen molar-refractivity contribution in [2.75, 3.05) is 5.32 Å². The average molecular weight is 370 g/mol. The van der Waals surface area contributed by atoms with Gasteiger partial charge in [0, 0.05) is 41.4 Å². The molecule has 132 valence electrons. The smallest absolute Gasteiger partial charge is 0.267 e. The summed E-state index contributed by atoms with van der Waals surface area (Å²) in [5, 5.41) is 10.0. The molecule has 8 heteroatoms. The van der Waals surface area contributed by atoms with Crippen molar-refractivity contribution in [3.05, 3.63) is 58.4 Å². The summed E-state index contributed by atoms with van der Waals surface area (Å²) in [5.41, 5.74) is 9.19. The molecule has 26 heavy (non-hydrogen) atoms. The monoisotopic (exact) mass is 369 g/mol. The van der Waals surface area contributed by atoms with Crippen LogP contribution in [0, 0.1) is 0 Å². The van der Waals surface area contributed by atoms with E-state index in [1.54, 1.807) is 0 Å². The maximum Gasteiger partial charge on any atom is 0.267 e. The number of halogens is 1. The number of nitrogens with two attached hydrogens (primary N) is 1. The van der Waals surface area contributed by atoms with Crippen molar-refractivity contribution in [2.24, 2.45) is 12.8 Å². The van der Waals surface area contributed by atoms with Crippen molar-refractivity contribution in [2.45, 2.75) is 12.3 Å². The first-order valence-corrected chi connectivity index (χ1v) is 8.43. The van der Waals surface area contributed by atoms with Gasteiger partial charge in [-0.15, -0.1) is 0 Å². The zero-order valence-electron chi connectivity index (χ0n) is 13.9. The molecule has 1 aromatic carbocycles. The lowest BCUT2D eigenvalue weighted by atomic mass is 9.89. The van der Waals surface area contributed by atoms with Crippen LogP contribution in [0.3, 0.4) is 0 Å². The number of anilines is 1. The molecule has 3 aromatic rings. The van der Waals surface area contributed by atoms with Crippen LogP contribution in [0.15, 0.2) is 36.4 Å². The molecule has 0 fully saturated rings. The van der Waals surface area contributed by atoms with Crippen molar-refractivity contribution in [3.63, 3.8) is 0 Å². The van der Waals surface area contributed by atoms with Gasteiger partial charge in [0.1, 0.15) is 5.69 Å². The zero-order valence-corrected chi connectivity index (χ0v) is 14.7. The van der Waals surface area contributed by atoms with Crippen LogP contribution < -0.4 is 11.1 Å². The third-order valence-electron chi connectivity index (χ3n) is 4.70. The van der Waals surface area contributed by atoms with Gasteiger partial charge in [-0.3, -0.25) is 14.7 Å². The maximum atomic E-state index is 12.1. The molecule has 0 saturated carbocycles. The van der Waals surface area contributed by atoms with Crippen molar-refractivity contribution in [1.82, 2.24) is 14.8 Å². The number of benzene rings is 1. The molecule has 1 aliphatic heterocycles. The number of nitrogens with zero attached hydrogens (tertiary/aromatic N) is 2. The van der Waals surface area contributed by atoms with E-state index >= 15 is 0 Å². The Morgan fingerprint density at radius 3 is 2.69 bits per heavy atom. The average Bonchev–Trinajstić information content (AvgIpc) is 3.19. The van der Waals surface area contributed by atoms with Gasteiger partial charge in [-0.2, -0.15) is 5.10 Å². The predicted octanol–water partition coefficient (Wildman–Crippen LogP) is 2.64. The minimum Gasteiger partial charge on any atom is -0.364 e. The molecular weight excluding hydrogens is 354 g/mol. The number of aromatic nitrogens is 3. The highest BCUT2D eigenvalue weighted by Crippen LogP contribution is 2.39. The van der Waals surface area contributed by atoms with E-state index in [1.165, 1.54) is 0 Å². The van der Waals surface area contributed by atoms with Crippen LogP contribution in [0.2, 0.25) is 5.02 Å². The van der Waals surface area contributed by atoms with Gasteiger partial charge in [-0.05, 0) is 29.8 Å². The second-order valence-corrected chi connectivity index (χ2v) is 6.68. The van der Waals surface area contributed by atoms with Crippen molar-refractivity contribution < 1.29 is 9.59 Å². The molecule has 2 amide bonds. The van der Waals surface area contributed by atoms with E-state index in [9.17, 15) is 9.59 Å². The number of hydrogen-bond donors (Lipinski definition) is 3. The number of aromatic amines is 1. The molecule has 2 aromatic heterocycles. The van der Waals surface area contributed by atoms with Gasteiger partial charge in [0.2, 0.25) is 5.91 Å². The van der Waals surface area contributed by atoms with Gasteiger partial charge in [0.25, 0.3) is 5.91 Å². The quantitative estimate of drug-likeness (QED) is 0.660. The first kappa shape index (κ1) is 16.4. The second kappa shape index (κ2) is 6.03. The molecule has 1 atom stereocenters. The lowest BCUT2D eigenvalue weighted by Gasteiger charge is -2.23. The number of rotatable bonds is 3. The highest BCUT2D eigenvalue weighted by molar-refractivity contribution is 6.30. The third kappa shape index (κ3) is 2.57. The minimum absolute atomic E-state index is 0.153. The Bertz CT molecular complexity index is 1020. The van der Waals surface area contributed by atoms with Crippen LogP contribution in [0.1, 0.15) is 34.1 Å². The number of hydrogen-bond acceptors (Lipinski definition) is 3. The van der Waals surface area contributed by atoms with E-state index in [-0.39, 0.29) is 23.9 Å². The minimum atomic E-state index is -0.605. The Labute approximate surface area is 154 Å². The highest BCUT2D eigenvalue weighted by Gasteiger charge is 2.34. The second-order valence-electron chi connectivity index (χ2n) is 6.24. The van der Waals surface area contributed by atoms with Gasteiger partial charge in [0.15, 0.2) is 5.82 Å². The van der Waals surface area contributed by atoms with E-state index < -0.39 is 5.91 Å². The number of carbonyl (C=O) groups excluding carboxylic acids is 2. The van der Waals surface area contributed by atoms with Crippen LogP contribution >= 0.6 is 11.6 Å². The van der Waals surface area contributed by atoms with Gasteiger partial charge < -0.3 is 15.6 Å². The summed E-state index contributed by atoms with van der Waals surface area (Å²) in [4.78, 5) is 23.9. The molecule has 7 nitrogen and oxygen atoms in total. The molecule has 0 spiro atoms. The van der Waals surface area contributed by atoms with E-state index in [1.807, 2.05) is 48.0 Å². The fraction of sp³-hybridized carbons (Fsp3) is 0.167. The Kier molecular flexibility index (Phi) is 3.81. The first-order chi connectivity index (χ1) is 12.5. The van der Waals surface area contributed by atoms with E-state index in [0.717, 1.165) is 17.0 Å². The Morgan fingerprint density at radius 2 is 2.00 bits per heavy atom. The fourth-order valence-corrected chi connectivity index (χ4v) is 3.61. The molecule has 4 N–H and O–H groups in total. The number of H-pyrrole nitrogens is 1. The normalized spacial score (nSPS) is 16.2. The van der Waals surface area contributed by atoms with Crippen LogP contribution in [-0.2, 0) is 11.8 Å². The van der Waals surface area contributed by atoms with Gasteiger partial charge in [0.05, 0.1) is 0 Å². The standard InChI is InChI=1S/C18H16ClN5O2/c1-24-12(9-2-4-10(19)5-3-9)6-7-13(24)11-8-14(25)21-18-15(11)16(17(20)26)22-23-18/h2-7,11H,8H2,1H3,(H2,20,26)(H2,21,22,23,25).